The van der Waals surface area contributed by atoms with Gasteiger partial charge in [0.25, 0.3) is 0 Å². The lowest BCUT2D eigenvalue weighted by molar-refractivity contribution is 0.558. The number of aromatic nitrogens is 2. The number of rotatable bonds is 0. The molecule has 0 aliphatic carbocycles. The van der Waals surface area contributed by atoms with Crippen molar-refractivity contribution in [3.8, 4) is 0 Å². The van der Waals surface area contributed by atoms with Gasteiger partial charge in [0.15, 0.2) is 6.39 Å². The van der Waals surface area contributed by atoms with Crippen LogP contribution < -0.4 is 5.32 Å². The number of nitrogens with one attached hydrogen (secondary N) is 1. The maximum Gasteiger partial charge on any atom is 0.180 e. The topological polar surface area (TPSA) is 63.3 Å². The molecule has 1 aliphatic heterocycles. The molecule has 0 unspecified atom stereocenters. The van der Waals surface area contributed by atoms with Crippen LogP contribution in [0.4, 0.5) is 0 Å². The van der Waals surface area contributed by atoms with E-state index in [-0.39, 0.29) is 0 Å². The van der Waals surface area contributed by atoms with Crippen LogP contribution in [0.25, 0.3) is 0 Å². The van der Waals surface area contributed by atoms with Crippen molar-refractivity contribution in [2.45, 2.75) is 0 Å². The van der Waals surface area contributed by atoms with E-state index in [0.717, 1.165) is 13.1 Å². The minimum atomic E-state index is 0.958. The molecule has 0 bridgehead atoms. The molecular weight excluding hydrogens is 212 g/mol. The van der Waals surface area contributed by atoms with Gasteiger partial charge >= 0.3 is 0 Å². The second-order valence-electron chi connectivity index (χ2n) is 2.34. The lowest BCUT2D eigenvalue weighted by Gasteiger charge is -1.75. The summed E-state index contributed by atoms with van der Waals surface area (Å²) in [5.74, 6) is 0. The highest BCUT2D eigenvalue weighted by Gasteiger charge is 1.82. The van der Waals surface area contributed by atoms with Crippen LogP contribution in [0.1, 0.15) is 0 Å². The summed E-state index contributed by atoms with van der Waals surface area (Å²) in [7, 11) is 0. The second kappa shape index (κ2) is 8.89. The molecule has 0 spiro atoms. The third-order valence-corrected chi connectivity index (χ3v) is 1.78. The molecule has 2 aromatic heterocycles. The molecule has 2 aromatic rings. The van der Waals surface area contributed by atoms with Gasteiger partial charge in [0, 0.05) is 18.1 Å². The maximum absolute atomic E-state index is 4.47. The highest BCUT2D eigenvalue weighted by molar-refractivity contribution is 7.07. The number of thiazole rings is 1. The van der Waals surface area contributed by atoms with E-state index in [9.17, 15) is 0 Å². The first-order valence-corrected chi connectivity index (χ1v) is 5.30. The molecule has 0 atom stereocenters. The third-order valence-electron chi connectivity index (χ3n) is 1.26. The number of oxazole rings is 1. The van der Waals surface area contributed by atoms with Crippen molar-refractivity contribution in [1.29, 1.82) is 0 Å². The van der Waals surface area contributed by atoms with Crippen molar-refractivity contribution in [3.63, 3.8) is 0 Å². The Bertz CT molecular complexity index is 253. The Labute approximate surface area is 91.9 Å². The maximum atomic E-state index is 4.47. The van der Waals surface area contributed by atoms with Gasteiger partial charge in [-0.3, -0.25) is 9.98 Å². The quantitative estimate of drug-likeness (QED) is 0.735. The first-order chi connectivity index (χ1) is 7.50. The Morgan fingerprint density at radius 3 is 2.47 bits per heavy atom. The summed E-state index contributed by atoms with van der Waals surface area (Å²) < 4.78 is 4.47. The van der Waals surface area contributed by atoms with Gasteiger partial charge in [-0.1, -0.05) is 0 Å². The van der Waals surface area contributed by atoms with Crippen LogP contribution >= 0.6 is 11.3 Å². The van der Waals surface area contributed by atoms with E-state index in [2.05, 4.69) is 24.7 Å². The Morgan fingerprint density at radius 2 is 2.27 bits per heavy atom. The zero-order valence-electron chi connectivity index (χ0n) is 8.11. The zero-order chi connectivity index (χ0) is 10.6. The van der Waals surface area contributed by atoms with Gasteiger partial charge in [-0.2, -0.15) is 0 Å². The molecule has 0 fully saturated rings. The minimum Gasteiger partial charge on any atom is -0.452 e. The Hall–Kier alpha value is -1.69. The van der Waals surface area contributed by atoms with Gasteiger partial charge in [0.05, 0.1) is 24.6 Å². The lowest BCUT2D eigenvalue weighted by Crippen LogP contribution is -2.04. The summed E-state index contributed by atoms with van der Waals surface area (Å²) in [6, 6.07) is 0. The summed E-state index contributed by atoms with van der Waals surface area (Å²) in [6.45, 7) is 1.99. The number of hydrogen-bond acceptors (Lipinski definition) is 6. The van der Waals surface area contributed by atoms with E-state index >= 15 is 0 Å². The van der Waals surface area contributed by atoms with Crippen molar-refractivity contribution in [1.82, 2.24) is 15.3 Å². The molecule has 80 valence electrons. The summed E-state index contributed by atoms with van der Waals surface area (Å²) in [6.07, 6.45) is 7.98. The van der Waals surface area contributed by atoms with Crippen LogP contribution in [0.5, 0.6) is 0 Å². The molecular formula is C9H12N4OS. The van der Waals surface area contributed by atoms with Crippen LogP contribution in [0.15, 0.2) is 45.4 Å². The van der Waals surface area contributed by atoms with E-state index in [4.69, 9.17) is 0 Å². The molecule has 3 rings (SSSR count). The van der Waals surface area contributed by atoms with Crippen LogP contribution in [-0.2, 0) is 0 Å². The monoisotopic (exact) mass is 224 g/mol. The van der Waals surface area contributed by atoms with Crippen molar-refractivity contribution in [2.75, 3.05) is 13.1 Å². The molecule has 0 amide bonds. The van der Waals surface area contributed by atoms with E-state index in [1.807, 2.05) is 5.38 Å². The molecule has 1 aliphatic rings. The highest BCUT2D eigenvalue weighted by atomic mass is 32.1. The molecule has 0 saturated carbocycles. The molecule has 0 aromatic carbocycles. The number of aliphatic imine (C=N–C) groups is 1. The standard InChI is InChI=1S/C3H6N2.C3H3NO.C3H3NS/c3*1-2-5-3-4-1/h3H,1-2H2,(H,4,5);2*1-3H. The molecule has 15 heavy (non-hydrogen) atoms. The zero-order valence-corrected chi connectivity index (χ0v) is 8.93. The molecule has 0 radical (unpaired) electrons. The summed E-state index contributed by atoms with van der Waals surface area (Å²) >= 11 is 1.60. The molecule has 5 nitrogen and oxygen atoms in total. The summed E-state index contributed by atoms with van der Waals surface area (Å²) in [5, 5.41) is 4.86. The largest absolute Gasteiger partial charge is 0.452 e. The SMILES string of the molecule is C1=NCCN1.c1cocn1.c1cscn1. The molecule has 1 N–H and O–H groups in total. The fourth-order valence-corrected chi connectivity index (χ4v) is 1.03. The van der Waals surface area contributed by atoms with Gasteiger partial charge in [0.1, 0.15) is 6.26 Å². The first kappa shape index (κ1) is 11.4. The van der Waals surface area contributed by atoms with E-state index in [1.54, 1.807) is 35.6 Å². The second-order valence-corrected chi connectivity index (χ2v) is 3.10. The van der Waals surface area contributed by atoms with Crippen molar-refractivity contribution in [3.05, 3.63) is 35.9 Å². The predicted molar refractivity (Wildman–Crippen MR) is 60.0 cm³/mol. The molecule has 6 heteroatoms. The fourth-order valence-electron chi connectivity index (χ4n) is 0.674. The van der Waals surface area contributed by atoms with Gasteiger partial charge in [-0.05, 0) is 0 Å². The third kappa shape index (κ3) is 7.39. The van der Waals surface area contributed by atoms with Gasteiger partial charge < -0.3 is 9.73 Å². The number of hydrogen-bond donors (Lipinski definition) is 1. The van der Waals surface area contributed by atoms with Crippen LogP contribution in [0.3, 0.4) is 0 Å². The number of nitrogens with zero attached hydrogens (tertiary/aromatic N) is 3. The lowest BCUT2D eigenvalue weighted by atomic mass is 10.7. The average molecular weight is 224 g/mol. The van der Waals surface area contributed by atoms with E-state index in [1.165, 1.54) is 12.7 Å². The molecule has 0 saturated heterocycles. The normalized spacial score (nSPS) is 11.7. The fraction of sp³-hybridized carbons (Fsp3) is 0.222. The average Bonchev–Trinajstić information content (AvgIpc) is 3.09. The predicted octanol–water partition coefficient (Wildman–Crippen LogP) is 1.44. The van der Waals surface area contributed by atoms with Crippen molar-refractivity contribution in [2.24, 2.45) is 4.99 Å². The van der Waals surface area contributed by atoms with Crippen molar-refractivity contribution < 1.29 is 4.42 Å². The van der Waals surface area contributed by atoms with Gasteiger partial charge in [-0.25, -0.2) is 4.98 Å². The van der Waals surface area contributed by atoms with E-state index in [0.29, 0.717) is 0 Å². The summed E-state index contributed by atoms with van der Waals surface area (Å²) in [5.41, 5.74) is 1.79. The Morgan fingerprint density at radius 1 is 1.27 bits per heavy atom. The summed E-state index contributed by atoms with van der Waals surface area (Å²) in [4.78, 5) is 11.1. The Balaban J connectivity index is 0.000000112. The van der Waals surface area contributed by atoms with Gasteiger partial charge in [0.2, 0.25) is 0 Å². The van der Waals surface area contributed by atoms with Crippen LogP contribution in [0.2, 0.25) is 0 Å². The van der Waals surface area contributed by atoms with Crippen molar-refractivity contribution >= 4 is 17.7 Å². The van der Waals surface area contributed by atoms with Gasteiger partial charge in [-0.15, -0.1) is 11.3 Å². The van der Waals surface area contributed by atoms with Crippen LogP contribution in [0, 0.1) is 0 Å². The Kier molecular flexibility index (Phi) is 6.75. The first-order valence-electron chi connectivity index (χ1n) is 4.36. The minimum absolute atomic E-state index is 0.958. The van der Waals surface area contributed by atoms with E-state index < -0.39 is 0 Å². The smallest absolute Gasteiger partial charge is 0.180 e. The molecule has 3 heterocycles. The highest BCUT2D eigenvalue weighted by Crippen LogP contribution is 1.85. The van der Waals surface area contributed by atoms with Crippen LogP contribution in [-0.4, -0.2) is 29.4 Å².